The molecule has 150 valence electrons. The Labute approximate surface area is 178 Å². The zero-order valence-electron chi connectivity index (χ0n) is 17.3. The molecule has 30 heavy (non-hydrogen) atoms. The molecule has 4 heteroatoms. The molecule has 0 aliphatic heterocycles. The van der Waals surface area contributed by atoms with E-state index in [0.29, 0.717) is 0 Å². The predicted molar refractivity (Wildman–Crippen MR) is 129 cm³/mol. The average Bonchev–Trinajstić information content (AvgIpc) is 2.78. The predicted octanol–water partition coefficient (Wildman–Crippen LogP) is 5.65. The fourth-order valence-electron chi connectivity index (χ4n) is 3.28. The summed E-state index contributed by atoms with van der Waals surface area (Å²) in [6.07, 6.45) is 16.5. The van der Waals surface area contributed by atoms with Crippen molar-refractivity contribution in [1.29, 1.82) is 0 Å². The zero-order valence-corrected chi connectivity index (χ0v) is 17.3. The van der Waals surface area contributed by atoms with Crippen LogP contribution < -0.4 is 10.6 Å². The van der Waals surface area contributed by atoms with Gasteiger partial charge in [-0.25, -0.2) is 0 Å². The van der Waals surface area contributed by atoms with Crippen molar-refractivity contribution in [3.05, 3.63) is 103 Å². The lowest BCUT2D eigenvalue weighted by molar-refractivity contribution is 0.955. The minimum Gasteiger partial charge on any atom is -0.375 e. The normalized spacial score (nSPS) is 19.7. The Morgan fingerprint density at radius 2 is 1.20 bits per heavy atom. The number of anilines is 3. The van der Waals surface area contributed by atoms with E-state index >= 15 is 0 Å². The Kier molecular flexibility index (Phi) is 6.04. The van der Waals surface area contributed by atoms with Crippen LogP contribution >= 0.6 is 0 Å². The fraction of sp³-hybridized carbons (Fsp3) is 0.154. The maximum atomic E-state index is 4.74. The second kappa shape index (κ2) is 9.23. The lowest BCUT2D eigenvalue weighted by Gasteiger charge is -2.18. The zero-order chi connectivity index (χ0) is 20.8. The largest absolute Gasteiger partial charge is 0.375 e. The van der Waals surface area contributed by atoms with E-state index < -0.39 is 0 Å². The molecule has 0 unspecified atom stereocenters. The van der Waals surface area contributed by atoms with Gasteiger partial charge >= 0.3 is 0 Å². The number of hydrogen-bond donors (Lipinski definition) is 2. The number of hydrogen-bond acceptors (Lipinski definition) is 4. The van der Waals surface area contributed by atoms with Crippen LogP contribution in [0.3, 0.4) is 0 Å². The van der Waals surface area contributed by atoms with Crippen molar-refractivity contribution in [3.8, 4) is 0 Å². The highest BCUT2D eigenvalue weighted by molar-refractivity contribution is 6.18. The molecule has 0 radical (unpaired) electrons. The van der Waals surface area contributed by atoms with Gasteiger partial charge in [-0.1, -0.05) is 42.0 Å². The van der Waals surface area contributed by atoms with Gasteiger partial charge in [0.1, 0.15) is 0 Å². The van der Waals surface area contributed by atoms with Gasteiger partial charge in [-0.05, 0) is 67.6 Å². The molecular weight excluding hydrogens is 368 g/mol. The van der Waals surface area contributed by atoms with Crippen LogP contribution in [0.4, 0.5) is 17.1 Å². The lowest BCUT2D eigenvalue weighted by Crippen LogP contribution is -2.18. The smallest absolute Gasteiger partial charge is 0.0870 e. The number of nitrogens with one attached hydrogen (secondary N) is 2. The van der Waals surface area contributed by atoms with Crippen molar-refractivity contribution in [1.82, 2.24) is 0 Å². The van der Waals surface area contributed by atoms with Gasteiger partial charge in [-0.3, -0.25) is 9.98 Å². The quantitative estimate of drug-likeness (QED) is 0.508. The standard InChI is InChI=1S/C26H26N4/c1-19-3-5-21(6-4-19)28-23-11-13-25(14-12-23)30-26-17-15-24(16-18-26)29-22-9-7-20(27-2)8-10-22/h3-18,24,26,28,30H,1-2H3. The van der Waals surface area contributed by atoms with Crippen molar-refractivity contribution >= 4 is 28.5 Å². The number of aryl methyl sites for hydroxylation is 1. The number of nitrogens with zero attached hydrogens (tertiary/aromatic N) is 2. The molecule has 2 aliphatic carbocycles. The molecule has 2 N–H and O–H groups in total. The van der Waals surface area contributed by atoms with E-state index in [1.807, 2.05) is 24.3 Å². The van der Waals surface area contributed by atoms with Crippen molar-refractivity contribution < 1.29 is 0 Å². The topological polar surface area (TPSA) is 48.8 Å². The Morgan fingerprint density at radius 1 is 0.667 bits per heavy atom. The van der Waals surface area contributed by atoms with Crippen molar-refractivity contribution in [2.45, 2.75) is 19.0 Å². The van der Waals surface area contributed by atoms with Crippen LogP contribution in [0.25, 0.3) is 0 Å². The average molecular weight is 395 g/mol. The van der Waals surface area contributed by atoms with Gasteiger partial charge < -0.3 is 10.6 Å². The molecule has 0 fully saturated rings. The first-order valence-electron chi connectivity index (χ1n) is 10.2. The molecule has 2 aromatic carbocycles. The number of allylic oxidation sites excluding steroid dienone is 4. The number of benzene rings is 2. The van der Waals surface area contributed by atoms with Gasteiger partial charge in [0.25, 0.3) is 0 Å². The minimum absolute atomic E-state index is 0.0635. The van der Waals surface area contributed by atoms with Crippen molar-refractivity contribution in [3.63, 3.8) is 0 Å². The summed E-state index contributed by atoms with van der Waals surface area (Å²) in [4.78, 5) is 8.90. The summed E-state index contributed by atoms with van der Waals surface area (Å²) in [7, 11) is 1.79. The summed E-state index contributed by atoms with van der Waals surface area (Å²) in [5, 5.41) is 6.95. The summed E-state index contributed by atoms with van der Waals surface area (Å²) in [6.45, 7) is 2.09. The van der Waals surface area contributed by atoms with E-state index in [-0.39, 0.29) is 12.1 Å². The molecule has 0 saturated heterocycles. The summed E-state index contributed by atoms with van der Waals surface area (Å²) < 4.78 is 0. The second-order valence-electron chi connectivity index (χ2n) is 7.37. The van der Waals surface area contributed by atoms with Crippen molar-refractivity contribution in [2.75, 3.05) is 17.7 Å². The summed E-state index contributed by atoms with van der Waals surface area (Å²) >= 11 is 0. The molecule has 0 aromatic heterocycles. The number of aliphatic imine (C=N–C) groups is 2. The van der Waals surface area contributed by atoms with Crippen LogP contribution in [0.5, 0.6) is 0 Å². The minimum atomic E-state index is 0.0635. The molecule has 0 amide bonds. The maximum absolute atomic E-state index is 4.74. The Hall–Kier alpha value is -3.66. The van der Waals surface area contributed by atoms with E-state index in [0.717, 1.165) is 28.5 Å². The molecule has 4 nitrogen and oxygen atoms in total. The molecule has 2 aromatic rings. The SMILES string of the molecule is CN=C1C=CC(=NC2C=CC(Nc3ccc(Nc4ccc(C)cc4)cc3)C=C2)C=C1. The third-order valence-electron chi connectivity index (χ3n) is 5.00. The molecule has 0 saturated carbocycles. The molecule has 2 aliphatic rings. The molecule has 4 rings (SSSR count). The Morgan fingerprint density at radius 3 is 1.80 bits per heavy atom. The van der Waals surface area contributed by atoms with E-state index in [1.165, 1.54) is 5.56 Å². The highest BCUT2D eigenvalue weighted by Gasteiger charge is 2.09. The van der Waals surface area contributed by atoms with Gasteiger partial charge in [0.15, 0.2) is 0 Å². The maximum Gasteiger partial charge on any atom is 0.0870 e. The van der Waals surface area contributed by atoms with Gasteiger partial charge in [0.2, 0.25) is 0 Å². The summed E-state index contributed by atoms with van der Waals surface area (Å²) in [5.41, 5.74) is 6.43. The molecule has 0 heterocycles. The van der Waals surface area contributed by atoms with Crippen LogP contribution in [0.1, 0.15) is 5.56 Å². The van der Waals surface area contributed by atoms with Gasteiger partial charge in [-0.15, -0.1) is 0 Å². The van der Waals surface area contributed by atoms with Gasteiger partial charge in [0.05, 0.1) is 23.5 Å². The first kappa shape index (κ1) is 19.6. The highest BCUT2D eigenvalue weighted by Crippen LogP contribution is 2.21. The molecule has 0 spiro atoms. The Balaban J connectivity index is 1.31. The van der Waals surface area contributed by atoms with Crippen LogP contribution in [-0.4, -0.2) is 30.6 Å². The van der Waals surface area contributed by atoms with Crippen LogP contribution in [0, 0.1) is 6.92 Å². The van der Waals surface area contributed by atoms with E-state index in [4.69, 9.17) is 4.99 Å². The molecule has 0 bridgehead atoms. The van der Waals surface area contributed by atoms with Gasteiger partial charge in [0, 0.05) is 24.1 Å². The monoisotopic (exact) mass is 394 g/mol. The molecule has 0 atom stereocenters. The third kappa shape index (κ3) is 5.23. The fourth-order valence-corrected chi connectivity index (χ4v) is 3.28. The summed E-state index contributed by atoms with van der Waals surface area (Å²) in [5.74, 6) is 0. The number of rotatable bonds is 5. The first-order chi connectivity index (χ1) is 14.7. The van der Waals surface area contributed by atoms with Gasteiger partial charge in [-0.2, -0.15) is 0 Å². The van der Waals surface area contributed by atoms with Crippen LogP contribution in [0.2, 0.25) is 0 Å². The van der Waals surface area contributed by atoms with Crippen molar-refractivity contribution in [2.24, 2.45) is 9.98 Å². The van der Waals surface area contributed by atoms with Crippen LogP contribution in [0.15, 0.2) is 107 Å². The van der Waals surface area contributed by atoms with E-state index in [9.17, 15) is 0 Å². The Bertz CT molecular complexity index is 1020. The van der Waals surface area contributed by atoms with Crippen LogP contribution in [-0.2, 0) is 0 Å². The van der Waals surface area contributed by atoms with E-state index in [1.54, 1.807) is 7.05 Å². The third-order valence-corrected chi connectivity index (χ3v) is 5.00. The highest BCUT2D eigenvalue weighted by atomic mass is 14.9. The second-order valence-corrected chi connectivity index (χ2v) is 7.37. The lowest BCUT2D eigenvalue weighted by atomic mass is 10.1. The summed E-state index contributed by atoms with van der Waals surface area (Å²) in [6, 6.07) is 17.0. The first-order valence-corrected chi connectivity index (χ1v) is 10.2. The van der Waals surface area contributed by atoms with E-state index in [2.05, 4.69) is 95.4 Å². The molecular formula is C26H26N4.